The Bertz CT molecular complexity index is 563. The number of hydrogen-bond donors (Lipinski definition) is 2. The van der Waals surface area contributed by atoms with Crippen LogP contribution in [0.5, 0.6) is 0 Å². The lowest BCUT2D eigenvalue weighted by molar-refractivity contribution is -0.897. The normalized spacial score (nSPS) is 21.4. The van der Waals surface area contributed by atoms with Crippen LogP contribution >= 0.6 is 0 Å². The van der Waals surface area contributed by atoms with E-state index in [1.54, 1.807) is 0 Å². The molecule has 1 aliphatic rings. The molecule has 1 atom stereocenters. The van der Waals surface area contributed by atoms with Crippen LogP contribution in [-0.4, -0.2) is 38.1 Å². The number of esters is 1. The molecule has 5 nitrogen and oxygen atoms in total. The van der Waals surface area contributed by atoms with Gasteiger partial charge in [-0.15, -0.1) is 0 Å². The fourth-order valence-corrected chi connectivity index (χ4v) is 3.26. The Morgan fingerprint density at radius 3 is 2.40 bits per heavy atom. The van der Waals surface area contributed by atoms with Gasteiger partial charge in [-0.3, -0.25) is 9.59 Å². The minimum absolute atomic E-state index is 0.000129. The van der Waals surface area contributed by atoms with Gasteiger partial charge in [-0.05, 0) is 37.0 Å². The summed E-state index contributed by atoms with van der Waals surface area (Å²) in [6.45, 7) is 8.77. The van der Waals surface area contributed by atoms with Gasteiger partial charge in [0.15, 0.2) is 6.54 Å². The van der Waals surface area contributed by atoms with Crippen LogP contribution in [0.3, 0.4) is 0 Å². The maximum absolute atomic E-state index is 12.2. The van der Waals surface area contributed by atoms with E-state index in [2.05, 4.69) is 31.3 Å². The summed E-state index contributed by atoms with van der Waals surface area (Å²) in [6, 6.07) is 8.12. The second kappa shape index (κ2) is 9.56. The molecule has 1 aliphatic heterocycles. The van der Waals surface area contributed by atoms with Crippen LogP contribution in [-0.2, 0) is 14.3 Å². The summed E-state index contributed by atoms with van der Waals surface area (Å²) in [5.74, 6) is 0.475. The second-order valence-corrected chi connectivity index (χ2v) is 6.93. The molecule has 1 aromatic carbocycles. The van der Waals surface area contributed by atoms with Gasteiger partial charge >= 0.3 is 5.97 Å². The fourth-order valence-electron chi connectivity index (χ4n) is 3.26. The summed E-state index contributed by atoms with van der Waals surface area (Å²) < 4.78 is 5.08. The highest BCUT2D eigenvalue weighted by atomic mass is 16.5. The maximum atomic E-state index is 12.2. The average molecular weight is 347 g/mol. The number of ether oxygens (including phenoxy) is 1. The quantitative estimate of drug-likeness (QED) is 0.742. The number of benzene rings is 1. The van der Waals surface area contributed by atoms with Crippen molar-refractivity contribution in [1.82, 2.24) is 0 Å². The van der Waals surface area contributed by atoms with Crippen molar-refractivity contribution in [3.8, 4) is 0 Å². The van der Waals surface area contributed by atoms with E-state index in [1.165, 1.54) is 10.5 Å². The summed E-state index contributed by atoms with van der Waals surface area (Å²) >= 11 is 0. The Kier molecular flexibility index (Phi) is 7.44. The Labute approximate surface area is 150 Å². The maximum Gasteiger partial charge on any atom is 0.309 e. The van der Waals surface area contributed by atoms with Gasteiger partial charge in [0.05, 0.1) is 25.6 Å². The molecule has 1 heterocycles. The first-order chi connectivity index (χ1) is 12.0. The van der Waals surface area contributed by atoms with Crippen molar-refractivity contribution in [2.45, 2.75) is 46.0 Å². The molecule has 0 aliphatic carbocycles. The van der Waals surface area contributed by atoms with Gasteiger partial charge in [0.25, 0.3) is 5.91 Å². The van der Waals surface area contributed by atoms with Gasteiger partial charge in [0.1, 0.15) is 0 Å². The van der Waals surface area contributed by atoms with E-state index in [4.69, 9.17) is 4.74 Å². The minimum atomic E-state index is -0.0904. The molecule has 1 aromatic rings. The molecule has 25 heavy (non-hydrogen) atoms. The molecule has 0 spiro atoms. The molecule has 1 amide bonds. The number of carbonyl (C=O) groups is 2. The molecule has 1 saturated heterocycles. The molecule has 1 fully saturated rings. The predicted molar refractivity (Wildman–Crippen MR) is 98.7 cm³/mol. The molecule has 0 radical (unpaired) electrons. The number of anilines is 1. The monoisotopic (exact) mass is 347 g/mol. The zero-order chi connectivity index (χ0) is 18.2. The average Bonchev–Trinajstić information content (AvgIpc) is 2.62. The molecular formula is C20H31N2O3+. The highest BCUT2D eigenvalue weighted by Gasteiger charge is 2.29. The number of piperidine rings is 1. The first-order valence-electron chi connectivity index (χ1n) is 9.43. The topological polar surface area (TPSA) is 59.8 Å². The van der Waals surface area contributed by atoms with Crippen LogP contribution < -0.4 is 10.2 Å². The second-order valence-electron chi connectivity index (χ2n) is 6.93. The lowest BCUT2D eigenvalue weighted by atomic mass is 9.97. The minimum Gasteiger partial charge on any atom is -0.466 e. The van der Waals surface area contributed by atoms with E-state index in [0.29, 0.717) is 19.1 Å². The molecule has 138 valence electrons. The number of carbonyl (C=O) groups excluding carboxylic acids is 2. The lowest BCUT2D eigenvalue weighted by Gasteiger charge is -2.27. The van der Waals surface area contributed by atoms with Crippen LogP contribution in [0.25, 0.3) is 0 Å². The summed E-state index contributed by atoms with van der Waals surface area (Å²) in [5.41, 5.74) is 2.14. The van der Waals surface area contributed by atoms with Crippen LogP contribution in [0.15, 0.2) is 24.3 Å². The van der Waals surface area contributed by atoms with Crippen LogP contribution in [0.2, 0.25) is 0 Å². The third-order valence-electron chi connectivity index (χ3n) is 5.10. The van der Waals surface area contributed by atoms with Crippen molar-refractivity contribution in [3.63, 3.8) is 0 Å². The van der Waals surface area contributed by atoms with E-state index in [0.717, 1.165) is 38.0 Å². The van der Waals surface area contributed by atoms with Crippen molar-refractivity contribution in [2.75, 3.05) is 31.6 Å². The number of nitrogens with one attached hydrogen (secondary N) is 2. The number of quaternary nitrogens is 1. The summed E-state index contributed by atoms with van der Waals surface area (Å²) in [5, 5.41) is 2.98. The van der Waals surface area contributed by atoms with E-state index >= 15 is 0 Å². The summed E-state index contributed by atoms with van der Waals surface area (Å²) in [4.78, 5) is 25.2. The zero-order valence-electron chi connectivity index (χ0n) is 15.6. The van der Waals surface area contributed by atoms with Crippen molar-refractivity contribution in [3.05, 3.63) is 29.8 Å². The Balaban J connectivity index is 1.76. The van der Waals surface area contributed by atoms with E-state index in [9.17, 15) is 9.59 Å². The summed E-state index contributed by atoms with van der Waals surface area (Å²) in [7, 11) is 0. The molecule has 2 rings (SSSR count). The standard InChI is InChI=1S/C20H30N2O3/c1-4-15(3)16-6-8-18(9-7-16)21-19(23)14-22-12-10-17(11-13-22)20(24)25-5-2/h6-9,15,17H,4-5,10-14H2,1-3H3,(H,21,23)/p+1/t15-/m1/s1. The van der Waals surface area contributed by atoms with Gasteiger partial charge in [0, 0.05) is 18.5 Å². The fraction of sp³-hybridized carbons (Fsp3) is 0.600. The smallest absolute Gasteiger partial charge is 0.309 e. The Morgan fingerprint density at radius 2 is 1.84 bits per heavy atom. The highest BCUT2D eigenvalue weighted by Crippen LogP contribution is 2.20. The van der Waals surface area contributed by atoms with Crippen molar-refractivity contribution >= 4 is 17.6 Å². The Hall–Kier alpha value is -1.88. The number of hydrogen-bond acceptors (Lipinski definition) is 3. The molecule has 5 heteroatoms. The van der Waals surface area contributed by atoms with Crippen molar-refractivity contribution in [1.29, 1.82) is 0 Å². The molecule has 0 aromatic heterocycles. The van der Waals surface area contributed by atoms with Gasteiger partial charge < -0.3 is 15.0 Å². The molecule has 0 bridgehead atoms. The van der Waals surface area contributed by atoms with E-state index < -0.39 is 0 Å². The first kappa shape index (κ1) is 19.4. The van der Waals surface area contributed by atoms with Crippen LogP contribution in [0.1, 0.15) is 51.5 Å². The number of likely N-dealkylation sites (tertiary alicyclic amines) is 1. The van der Waals surface area contributed by atoms with Crippen LogP contribution in [0.4, 0.5) is 5.69 Å². The zero-order valence-corrected chi connectivity index (χ0v) is 15.6. The number of amides is 1. The highest BCUT2D eigenvalue weighted by molar-refractivity contribution is 5.91. The van der Waals surface area contributed by atoms with Gasteiger partial charge in [0.2, 0.25) is 0 Å². The summed E-state index contributed by atoms with van der Waals surface area (Å²) in [6.07, 6.45) is 2.70. The third-order valence-corrected chi connectivity index (χ3v) is 5.10. The van der Waals surface area contributed by atoms with Gasteiger partial charge in [-0.25, -0.2) is 0 Å². The lowest BCUT2D eigenvalue weighted by Crippen LogP contribution is -3.14. The molecule has 0 unspecified atom stereocenters. The van der Waals surface area contributed by atoms with Gasteiger partial charge in [-0.1, -0.05) is 26.0 Å². The van der Waals surface area contributed by atoms with Crippen LogP contribution in [0, 0.1) is 5.92 Å². The van der Waals surface area contributed by atoms with Gasteiger partial charge in [-0.2, -0.15) is 0 Å². The van der Waals surface area contributed by atoms with E-state index in [-0.39, 0.29) is 17.8 Å². The number of rotatable bonds is 7. The third kappa shape index (κ3) is 5.85. The molecular weight excluding hydrogens is 316 g/mol. The van der Waals surface area contributed by atoms with E-state index in [1.807, 2.05) is 19.1 Å². The van der Waals surface area contributed by atoms with Crippen molar-refractivity contribution < 1.29 is 19.2 Å². The molecule has 0 saturated carbocycles. The molecule has 2 N–H and O–H groups in total. The Morgan fingerprint density at radius 1 is 1.20 bits per heavy atom. The first-order valence-corrected chi connectivity index (χ1v) is 9.43. The SMILES string of the molecule is CCOC(=O)C1CC[NH+](CC(=O)Nc2ccc([C@H](C)CC)cc2)CC1. The van der Waals surface area contributed by atoms with Crippen molar-refractivity contribution in [2.24, 2.45) is 5.92 Å². The largest absolute Gasteiger partial charge is 0.466 e. The predicted octanol–water partition coefficient (Wildman–Crippen LogP) is 2.00.